The molecule has 0 atom stereocenters. The lowest BCUT2D eigenvalue weighted by atomic mass is 10.0. The molecule has 2 rings (SSSR count). The number of aromatic nitrogens is 1. The normalized spacial score (nSPS) is 10.3. The molecular formula is C16H18N2O2. The third-order valence-corrected chi connectivity index (χ3v) is 2.90. The van der Waals surface area contributed by atoms with Crippen LogP contribution in [-0.4, -0.2) is 17.4 Å². The SMILES string of the molecule is CCCOc1cncc(C(=O)c2cc(C)ccc2N)c1. The van der Waals surface area contributed by atoms with Crippen molar-refractivity contribution in [3.05, 3.63) is 53.3 Å². The van der Waals surface area contributed by atoms with Crippen LogP contribution in [0, 0.1) is 6.92 Å². The van der Waals surface area contributed by atoms with Crippen LogP contribution in [0.2, 0.25) is 0 Å². The second-order valence-electron chi connectivity index (χ2n) is 4.68. The van der Waals surface area contributed by atoms with Crippen molar-refractivity contribution in [1.29, 1.82) is 0 Å². The van der Waals surface area contributed by atoms with Crippen LogP contribution in [-0.2, 0) is 0 Å². The van der Waals surface area contributed by atoms with E-state index in [4.69, 9.17) is 10.5 Å². The van der Waals surface area contributed by atoms with E-state index in [2.05, 4.69) is 4.98 Å². The average molecular weight is 270 g/mol. The molecule has 1 aromatic heterocycles. The number of nitrogens with two attached hydrogens (primary N) is 1. The van der Waals surface area contributed by atoms with E-state index in [0.717, 1.165) is 12.0 Å². The number of benzene rings is 1. The molecule has 0 radical (unpaired) electrons. The Kier molecular flexibility index (Phi) is 4.35. The number of pyridine rings is 1. The molecule has 4 heteroatoms. The molecule has 0 aliphatic carbocycles. The third kappa shape index (κ3) is 3.15. The number of rotatable bonds is 5. The highest BCUT2D eigenvalue weighted by molar-refractivity contribution is 6.12. The van der Waals surface area contributed by atoms with Gasteiger partial charge >= 0.3 is 0 Å². The summed E-state index contributed by atoms with van der Waals surface area (Å²) in [6.07, 6.45) is 4.04. The predicted molar refractivity (Wildman–Crippen MR) is 79.0 cm³/mol. The molecule has 0 saturated heterocycles. The van der Waals surface area contributed by atoms with Gasteiger partial charge in [-0.05, 0) is 31.5 Å². The van der Waals surface area contributed by atoms with Gasteiger partial charge in [-0.3, -0.25) is 9.78 Å². The van der Waals surface area contributed by atoms with E-state index >= 15 is 0 Å². The van der Waals surface area contributed by atoms with Crippen LogP contribution >= 0.6 is 0 Å². The largest absolute Gasteiger partial charge is 0.492 e. The Morgan fingerprint density at radius 2 is 2.10 bits per heavy atom. The maximum absolute atomic E-state index is 12.5. The molecule has 2 N–H and O–H groups in total. The molecule has 0 amide bonds. The first-order valence-corrected chi connectivity index (χ1v) is 6.60. The Balaban J connectivity index is 2.31. The van der Waals surface area contributed by atoms with Gasteiger partial charge in [0.05, 0.1) is 12.8 Å². The van der Waals surface area contributed by atoms with Gasteiger partial charge < -0.3 is 10.5 Å². The van der Waals surface area contributed by atoms with E-state index in [9.17, 15) is 4.79 Å². The summed E-state index contributed by atoms with van der Waals surface area (Å²) in [6.45, 7) is 4.55. The number of nitrogens with zero attached hydrogens (tertiary/aromatic N) is 1. The molecule has 0 bridgehead atoms. The minimum absolute atomic E-state index is 0.138. The molecule has 0 aliphatic heterocycles. The zero-order valence-electron chi connectivity index (χ0n) is 11.7. The van der Waals surface area contributed by atoms with Crippen LogP contribution in [0.4, 0.5) is 5.69 Å². The maximum Gasteiger partial charge on any atom is 0.196 e. The molecular weight excluding hydrogens is 252 g/mol. The molecule has 1 aromatic carbocycles. The number of aryl methyl sites for hydroxylation is 1. The molecule has 0 spiro atoms. The number of ether oxygens (including phenoxy) is 1. The number of hydrogen-bond acceptors (Lipinski definition) is 4. The summed E-state index contributed by atoms with van der Waals surface area (Å²) < 4.78 is 5.49. The smallest absolute Gasteiger partial charge is 0.196 e. The summed E-state index contributed by atoms with van der Waals surface area (Å²) in [4.78, 5) is 16.5. The van der Waals surface area contributed by atoms with Crippen molar-refractivity contribution in [2.24, 2.45) is 0 Å². The topological polar surface area (TPSA) is 65.2 Å². The van der Waals surface area contributed by atoms with Crippen molar-refractivity contribution in [1.82, 2.24) is 4.98 Å². The van der Waals surface area contributed by atoms with Gasteiger partial charge in [-0.15, -0.1) is 0 Å². The van der Waals surface area contributed by atoms with Gasteiger partial charge in [-0.1, -0.05) is 18.6 Å². The molecule has 0 unspecified atom stereocenters. The monoisotopic (exact) mass is 270 g/mol. The van der Waals surface area contributed by atoms with Gasteiger partial charge in [-0.2, -0.15) is 0 Å². The average Bonchev–Trinajstić information content (AvgIpc) is 2.47. The van der Waals surface area contributed by atoms with E-state index in [0.29, 0.717) is 29.2 Å². The van der Waals surface area contributed by atoms with E-state index < -0.39 is 0 Å². The maximum atomic E-state index is 12.5. The van der Waals surface area contributed by atoms with E-state index in [1.807, 2.05) is 19.9 Å². The van der Waals surface area contributed by atoms with Crippen molar-refractivity contribution >= 4 is 11.5 Å². The molecule has 1 heterocycles. The summed E-state index contributed by atoms with van der Waals surface area (Å²) in [7, 11) is 0. The summed E-state index contributed by atoms with van der Waals surface area (Å²) in [6, 6.07) is 7.11. The van der Waals surface area contributed by atoms with Gasteiger partial charge in [0, 0.05) is 23.0 Å². The Hall–Kier alpha value is -2.36. The zero-order chi connectivity index (χ0) is 14.5. The third-order valence-electron chi connectivity index (χ3n) is 2.90. The lowest BCUT2D eigenvalue weighted by molar-refractivity contribution is 0.103. The fraction of sp³-hybridized carbons (Fsp3) is 0.250. The van der Waals surface area contributed by atoms with E-state index in [1.54, 1.807) is 24.4 Å². The first kappa shape index (κ1) is 14.1. The molecule has 20 heavy (non-hydrogen) atoms. The second kappa shape index (κ2) is 6.19. The molecule has 0 aliphatic rings. The van der Waals surface area contributed by atoms with Crippen LogP contribution < -0.4 is 10.5 Å². The van der Waals surface area contributed by atoms with Gasteiger partial charge in [0.15, 0.2) is 5.78 Å². The van der Waals surface area contributed by atoms with Crippen LogP contribution in [0.5, 0.6) is 5.75 Å². The summed E-state index contributed by atoms with van der Waals surface area (Å²) in [5.74, 6) is 0.463. The minimum atomic E-state index is -0.138. The number of hydrogen-bond donors (Lipinski definition) is 1. The van der Waals surface area contributed by atoms with E-state index in [1.165, 1.54) is 6.20 Å². The Labute approximate surface area is 118 Å². The fourth-order valence-corrected chi connectivity index (χ4v) is 1.86. The van der Waals surface area contributed by atoms with E-state index in [-0.39, 0.29) is 5.78 Å². The van der Waals surface area contributed by atoms with Gasteiger partial charge in [0.25, 0.3) is 0 Å². The fourth-order valence-electron chi connectivity index (χ4n) is 1.86. The number of carbonyl (C=O) groups excluding carboxylic acids is 1. The van der Waals surface area contributed by atoms with Gasteiger partial charge in [-0.25, -0.2) is 0 Å². The number of ketones is 1. The molecule has 4 nitrogen and oxygen atoms in total. The highest BCUT2D eigenvalue weighted by Gasteiger charge is 2.13. The predicted octanol–water partition coefficient (Wildman–Crippen LogP) is 2.99. The molecule has 2 aromatic rings. The second-order valence-corrected chi connectivity index (χ2v) is 4.68. The first-order valence-electron chi connectivity index (χ1n) is 6.60. The lowest BCUT2D eigenvalue weighted by Gasteiger charge is -2.08. The summed E-state index contributed by atoms with van der Waals surface area (Å²) in [5, 5.41) is 0. The van der Waals surface area contributed by atoms with Crippen molar-refractivity contribution in [2.45, 2.75) is 20.3 Å². The first-order chi connectivity index (χ1) is 9.61. The standard InChI is InChI=1S/C16H18N2O2/c1-3-6-20-13-8-12(9-18-10-13)16(19)14-7-11(2)4-5-15(14)17/h4-5,7-10H,3,6,17H2,1-2H3. The molecule has 0 saturated carbocycles. The van der Waals surface area contributed by atoms with Crippen molar-refractivity contribution < 1.29 is 9.53 Å². The number of nitrogen functional groups attached to an aromatic ring is 1. The quantitative estimate of drug-likeness (QED) is 0.670. The minimum Gasteiger partial charge on any atom is -0.492 e. The highest BCUT2D eigenvalue weighted by Crippen LogP contribution is 2.20. The number of anilines is 1. The van der Waals surface area contributed by atoms with Gasteiger partial charge in [0.1, 0.15) is 5.75 Å². The van der Waals surface area contributed by atoms with Gasteiger partial charge in [0.2, 0.25) is 0 Å². The summed E-state index contributed by atoms with van der Waals surface area (Å²) in [5.41, 5.74) is 8.32. The Morgan fingerprint density at radius 1 is 1.30 bits per heavy atom. The Morgan fingerprint density at radius 3 is 2.85 bits per heavy atom. The van der Waals surface area contributed by atoms with Crippen LogP contribution in [0.3, 0.4) is 0 Å². The van der Waals surface area contributed by atoms with Crippen LogP contribution in [0.15, 0.2) is 36.7 Å². The summed E-state index contributed by atoms with van der Waals surface area (Å²) >= 11 is 0. The van der Waals surface area contributed by atoms with Crippen LogP contribution in [0.1, 0.15) is 34.8 Å². The molecule has 104 valence electrons. The van der Waals surface area contributed by atoms with Crippen molar-refractivity contribution in [3.63, 3.8) is 0 Å². The van der Waals surface area contributed by atoms with Crippen molar-refractivity contribution in [3.8, 4) is 5.75 Å². The highest BCUT2D eigenvalue weighted by atomic mass is 16.5. The Bertz CT molecular complexity index is 624. The lowest BCUT2D eigenvalue weighted by Crippen LogP contribution is -2.07. The molecule has 0 fully saturated rings. The van der Waals surface area contributed by atoms with Crippen molar-refractivity contribution in [2.75, 3.05) is 12.3 Å². The zero-order valence-corrected chi connectivity index (χ0v) is 11.7. The number of carbonyl (C=O) groups is 1. The van der Waals surface area contributed by atoms with Crippen LogP contribution in [0.25, 0.3) is 0 Å².